The Hall–Kier alpha value is -0.810. The monoisotopic (exact) mass is 323 g/mol. The molecule has 2 aliphatic heterocycles. The van der Waals surface area contributed by atoms with Gasteiger partial charge in [-0.25, -0.2) is 0 Å². The fourth-order valence-corrected chi connectivity index (χ4v) is 3.76. The molecule has 0 aliphatic carbocycles. The van der Waals surface area contributed by atoms with Crippen LogP contribution in [-0.2, 0) is 0 Å². The Labute approximate surface area is 143 Å². The zero-order valence-electron chi connectivity index (χ0n) is 16.1. The number of likely N-dealkylation sites (N-methyl/N-ethyl adjacent to an activating group) is 1. The van der Waals surface area contributed by atoms with Crippen molar-refractivity contribution >= 4 is 5.96 Å². The van der Waals surface area contributed by atoms with Crippen LogP contribution in [-0.4, -0.2) is 86.6 Å². The van der Waals surface area contributed by atoms with Crippen molar-refractivity contribution in [2.45, 2.75) is 40.2 Å². The molecule has 0 aromatic carbocycles. The summed E-state index contributed by atoms with van der Waals surface area (Å²) < 4.78 is 0. The topological polar surface area (TPSA) is 34.1 Å². The third kappa shape index (κ3) is 5.08. The van der Waals surface area contributed by atoms with Crippen molar-refractivity contribution in [2.75, 3.05) is 59.9 Å². The van der Waals surface area contributed by atoms with Gasteiger partial charge in [-0.05, 0) is 24.8 Å². The van der Waals surface area contributed by atoms with Crippen molar-refractivity contribution in [3.05, 3.63) is 0 Å². The Morgan fingerprint density at radius 2 is 1.78 bits per heavy atom. The summed E-state index contributed by atoms with van der Waals surface area (Å²) in [6, 6.07) is 0.580. The molecule has 23 heavy (non-hydrogen) atoms. The normalized spacial score (nSPS) is 25.2. The van der Waals surface area contributed by atoms with Gasteiger partial charge in [0.05, 0.1) is 0 Å². The summed E-state index contributed by atoms with van der Waals surface area (Å²) in [6.45, 7) is 17.3. The maximum atomic E-state index is 4.53. The van der Waals surface area contributed by atoms with E-state index in [-0.39, 0.29) is 0 Å². The van der Waals surface area contributed by atoms with Crippen LogP contribution >= 0.6 is 0 Å². The highest BCUT2D eigenvalue weighted by Gasteiger charge is 2.31. The van der Waals surface area contributed by atoms with Gasteiger partial charge < -0.3 is 15.1 Å². The van der Waals surface area contributed by atoms with E-state index in [4.69, 9.17) is 0 Å². The molecule has 5 nitrogen and oxygen atoms in total. The molecule has 1 atom stereocenters. The second kappa shape index (κ2) is 7.84. The summed E-state index contributed by atoms with van der Waals surface area (Å²) in [6.07, 6.45) is 1.25. The Kier molecular flexibility index (Phi) is 6.32. The summed E-state index contributed by atoms with van der Waals surface area (Å²) >= 11 is 0. The molecule has 0 bridgehead atoms. The van der Waals surface area contributed by atoms with Gasteiger partial charge in [-0.1, -0.05) is 27.7 Å². The molecule has 0 aromatic heterocycles. The van der Waals surface area contributed by atoms with E-state index in [1.165, 1.54) is 32.6 Å². The molecule has 2 heterocycles. The molecule has 0 saturated carbocycles. The van der Waals surface area contributed by atoms with E-state index in [0.717, 1.165) is 25.6 Å². The largest absolute Gasteiger partial charge is 0.355 e. The Balaban J connectivity index is 1.90. The van der Waals surface area contributed by atoms with Gasteiger partial charge in [0, 0.05) is 58.9 Å². The Morgan fingerprint density at radius 1 is 1.13 bits per heavy atom. The molecule has 134 valence electrons. The molecular formula is C18H37N5. The Bertz CT molecular complexity index is 396. The van der Waals surface area contributed by atoms with Crippen molar-refractivity contribution in [3.8, 4) is 0 Å². The van der Waals surface area contributed by atoms with Crippen LogP contribution in [0.2, 0.25) is 0 Å². The zero-order valence-corrected chi connectivity index (χ0v) is 16.1. The highest BCUT2D eigenvalue weighted by molar-refractivity contribution is 5.80. The lowest BCUT2D eigenvalue weighted by Gasteiger charge is -2.40. The van der Waals surface area contributed by atoms with Gasteiger partial charge in [-0.15, -0.1) is 0 Å². The second-order valence-corrected chi connectivity index (χ2v) is 8.41. The number of guanidine groups is 1. The van der Waals surface area contributed by atoms with E-state index in [2.05, 4.69) is 59.8 Å². The average molecular weight is 324 g/mol. The number of nitrogens with zero attached hydrogens (tertiary/aromatic N) is 4. The second-order valence-electron chi connectivity index (χ2n) is 8.41. The van der Waals surface area contributed by atoms with Crippen molar-refractivity contribution in [3.63, 3.8) is 0 Å². The van der Waals surface area contributed by atoms with Crippen LogP contribution < -0.4 is 5.32 Å². The van der Waals surface area contributed by atoms with Crippen LogP contribution in [0.3, 0.4) is 0 Å². The Morgan fingerprint density at radius 3 is 2.26 bits per heavy atom. The molecule has 0 aromatic rings. The van der Waals surface area contributed by atoms with Crippen LogP contribution in [0, 0.1) is 11.3 Å². The lowest BCUT2D eigenvalue weighted by Crippen LogP contribution is -2.55. The van der Waals surface area contributed by atoms with E-state index >= 15 is 0 Å². The number of rotatable bonds is 4. The van der Waals surface area contributed by atoms with Crippen LogP contribution in [0.4, 0.5) is 0 Å². The fraction of sp³-hybridized carbons (Fsp3) is 0.944. The molecular weight excluding hydrogens is 286 g/mol. The molecule has 1 N–H and O–H groups in total. The minimum Gasteiger partial charge on any atom is -0.355 e. The van der Waals surface area contributed by atoms with Crippen LogP contribution in [0.5, 0.6) is 0 Å². The first-order chi connectivity index (χ1) is 10.8. The number of hydrogen-bond donors (Lipinski definition) is 1. The summed E-state index contributed by atoms with van der Waals surface area (Å²) in [5, 5.41) is 3.66. The van der Waals surface area contributed by atoms with Gasteiger partial charge in [-0.2, -0.15) is 0 Å². The minimum absolute atomic E-state index is 0.409. The number of aliphatic imine (C=N–C) groups is 1. The number of nitrogens with one attached hydrogen (secondary N) is 1. The summed E-state index contributed by atoms with van der Waals surface area (Å²) in [5.74, 6) is 1.73. The molecule has 2 fully saturated rings. The third-order valence-corrected chi connectivity index (χ3v) is 5.43. The zero-order chi connectivity index (χ0) is 17.0. The predicted molar refractivity (Wildman–Crippen MR) is 99.0 cm³/mol. The van der Waals surface area contributed by atoms with Gasteiger partial charge in [0.25, 0.3) is 0 Å². The lowest BCUT2D eigenvalue weighted by atomic mass is 9.93. The first kappa shape index (κ1) is 18.5. The summed E-state index contributed by atoms with van der Waals surface area (Å²) in [7, 11) is 4.13. The quantitative estimate of drug-likeness (QED) is 0.629. The molecule has 0 spiro atoms. The number of piperazine rings is 1. The van der Waals surface area contributed by atoms with Crippen LogP contribution in [0.15, 0.2) is 4.99 Å². The van der Waals surface area contributed by atoms with Crippen molar-refractivity contribution in [2.24, 2.45) is 16.3 Å². The third-order valence-electron chi connectivity index (χ3n) is 5.43. The molecule has 0 radical (unpaired) electrons. The standard InChI is InChI=1S/C18H37N5/c1-15(2)16(22-11-9-21(6)10-12-22)13-20-17(19-5)23-8-7-18(3,4)14-23/h15-16H,7-14H2,1-6H3,(H,19,20). The van der Waals surface area contributed by atoms with Crippen molar-refractivity contribution in [1.29, 1.82) is 0 Å². The van der Waals surface area contributed by atoms with Gasteiger partial charge in [0.15, 0.2) is 5.96 Å². The van der Waals surface area contributed by atoms with Gasteiger partial charge in [-0.3, -0.25) is 9.89 Å². The molecule has 2 saturated heterocycles. The van der Waals surface area contributed by atoms with E-state index < -0.39 is 0 Å². The van der Waals surface area contributed by atoms with E-state index in [0.29, 0.717) is 17.4 Å². The van der Waals surface area contributed by atoms with E-state index in [9.17, 15) is 0 Å². The molecule has 2 aliphatic rings. The lowest BCUT2D eigenvalue weighted by molar-refractivity contribution is 0.0896. The summed E-state index contributed by atoms with van der Waals surface area (Å²) in [4.78, 5) is 12.0. The molecule has 2 rings (SSSR count). The average Bonchev–Trinajstić information content (AvgIpc) is 2.85. The number of hydrogen-bond acceptors (Lipinski definition) is 3. The SMILES string of the molecule is CN=C(NCC(C(C)C)N1CCN(C)CC1)N1CCC(C)(C)C1. The minimum atomic E-state index is 0.409. The number of likely N-dealkylation sites (tertiary alicyclic amines) is 1. The fourth-order valence-electron chi connectivity index (χ4n) is 3.76. The van der Waals surface area contributed by atoms with Gasteiger partial charge in [0.1, 0.15) is 0 Å². The molecule has 1 unspecified atom stereocenters. The van der Waals surface area contributed by atoms with Crippen LogP contribution in [0.1, 0.15) is 34.1 Å². The first-order valence-corrected chi connectivity index (χ1v) is 9.20. The maximum absolute atomic E-state index is 4.53. The van der Waals surface area contributed by atoms with Crippen molar-refractivity contribution < 1.29 is 0 Å². The van der Waals surface area contributed by atoms with E-state index in [1.54, 1.807) is 0 Å². The van der Waals surface area contributed by atoms with Crippen LogP contribution in [0.25, 0.3) is 0 Å². The maximum Gasteiger partial charge on any atom is 0.193 e. The smallest absolute Gasteiger partial charge is 0.193 e. The molecule has 5 heteroatoms. The van der Waals surface area contributed by atoms with Crippen molar-refractivity contribution in [1.82, 2.24) is 20.0 Å². The first-order valence-electron chi connectivity index (χ1n) is 9.20. The highest BCUT2D eigenvalue weighted by Crippen LogP contribution is 2.28. The van der Waals surface area contributed by atoms with Gasteiger partial charge >= 0.3 is 0 Å². The predicted octanol–water partition coefficient (Wildman–Crippen LogP) is 1.57. The summed E-state index contributed by atoms with van der Waals surface area (Å²) in [5.41, 5.74) is 0.409. The molecule has 0 amide bonds. The highest BCUT2D eigenvalue weighted by atomic mass is 15.3. The van der Waals surface area contributed by atoms with Gasteiger partial charge in [0.2, 0.25) is 0 Å². The van der Waals surface area contributed by atoms with E-state index in [1.807, 2.05) is 7.05 Å².